The molecule has 0 amide bonds. The molecular weight excluding hydrogens is 769 g/mol. The summed E-state index contributed by atoms with van der Waals surface area (Å²) in [6.45, 7) is 22.1. The van der Waals surface area contributed by atoms with Crippen LogP contribution in [0, 0.1) is 24.8 Å². The van der Waals surface area contributed by atoms with Gasteiger partial charge in [0.1, 0.15) is 6.33 Å². The van der Waals surface area contributed by atoms with Crippen molar-refractivity contribution in [3.05, 3.63) is 65.7 Å². The Morgan fingerprint density at radius 3 is 2.09 bits per heavy atom. The molecule has 0 aliphatic heterocycles. The predicted octanol–water partition coefficient (Wildman–Crippen LogP) is 10.9. The number of nitrogens with zero attached hydrogens (tertiary/aromatic N) is 2. The van der Waals surface area contributed by atoms with Crippen LogP contribution < -0.4 is 4.50 Å². The number of fused-ring (bicyclic) bond motifs is 2. The van der Waals surface area contributed by atoms with Gasteiger partial charge in [-0.05, 0) is 48.6 Å². The van der Waals surface area contributed by atoms with Gasteiger partial charge in [0.25, 0.3) is 0 Å². The van der Waals surface area contributed by atoms with E-state index in [1.54, 1.807) is 6.33 Å². The zero-order valence-electron chi connectivity index (χ0n) is 29.0. The number of benzene rings is 2. The van der Waals surface area contributed by atoms with Crippen molar-refractivity contribution in [3.8, 4) is 11.3 Å². The molecule has 0 saturated carbocycles. The maximum Gasteiger partial charge on any atom is 0.162 e. The van der Waals surface area contributed by atoms with Crippen LogP contribution in [-0.4, -0.2) is 28.9 Å². The van der Waals surface area contributed by atoms with Crippen molar-refractivity contribution in [3.63, 3.8) is 0 Å². The summed E-state index contributed by atoms with van der Waals surface area (Å²) in [5.74, 6) is 1.10. The van der Waals surface area contributed by atoms with Gasteiger partial charge >= 0.3 is 0 Å². The summed E-state index contributed by atoms with van der Waals surface area (Å²) in [7, 11) is -1.43. The molecule has 0 atom stereocenters. The number of carbonyl (C=O) groups excluding carboxylic acids is 1. The number of aliphatic hydroxyl groups excluding tert-OH is 1. The summed E-state index contributed by atoms with van der Waals surface area (Å²) in [6, 6.07) is 14.7. The quantitative estimate of drug-likeness (QED) is 0.0669. The molecule has 0 aliphatic carbocycles. The number of aliphatic hydroxyl groups is 1. The van der Waals surface area contributed by atoms with Gasteiger partial charge < -0.3 is 5.11 Å². The van der Waals surface area contributed by atoms with E-state index < -0.39 is 8.07 Å². The van der Waals surface area contributed by atoms with Crippen LogP contribution in [0.4, 0.5) is 0 Å². The Balaban J connectivity index is 0.000000378. The van der Waals surface area contributed by atoms with Gasteiger partial charge in [-0.1, -0.05) is 103 Å². The molecule has 4 rings (SSSR count). The summed E-state index contributed by atoms with van der Waals surface area (Å²) in [5.41, 5.74) is 6.01. The molecule has 2 heterocycles. The summed E-state index contributed by atoms with van der Waals surface area (Å²) in [5, 5.41) is 12.3. The monoisotopic (exact) mass is 822 g/mol. The van der Waals surface area contributed by atoms with E-state index in [0.29, 0.717) is 5.92 Å². The van der Waals surface area contributed by atoms with Gasteiger partial charge in [0, 0.05) is 48.4 Å². The van der Waals surface area contributed by atoms with Gasteiger partial charge in [-0.15, -0.1) is 40.5 Å². The average Bonchev–Trinajstić information content (AvgIpc) is 3.36. The molecule has 2 aromatic carbocycles. The van der Waals surface area contributed by atoms with Crippen LogP contribution in [0.15, 0.2) is 48.5 Å². The number of carbonyl (C=O) groups is 1. The molecule has 7 heteroatoms. The number of hydrogen-bond acceptors (Lipinski definition) is 5. The van der Waals surface area contributed by atoms with Gasteiger partial charge in [0.05, 0.1) is 19.3 Å². The number of aromatic nitrogens is 2. The van der Waals surface area contributed by atoms with Crippen molar-refractivity contribution in [2.75, 3.05) is 0 Å². The molecule has 0 saturated heterocycles. The fraction of sp³-hybridized carbons (Fsp3) is 0.500. The summed E-state index contributed by atoms with van der Waals surface area (Å²) in [6.07, 6.45) is 8.91. The number of allylic oxidation sites excluding steroid dienone is 2. The third-order valence-corrected chi connectivity index (χ3v) is 13.9. The minimum absolute atomic E-state index is 0. The summed E-state index contributed by atoms with van der Waals surface area (Å²) >= 11 is 1.90. The number of aryl methyl sites for hydroxylation is 1. The second-order valence-electron chi connectivity index (χ2n) is 12.9. The Bertz CT molecular complexity index is 1580. The van der Waals surface area contributed by atoms with Gasteiger partial charge in [0.15, 0.2) is 5.78 Å². The topological polar surface area (TPSA) is 63.1 Å². The van der Waals surface area contributed by atoms with Crippen molar-refractivity contribution >= 4 is 50.7 Å². The average molecular weight is 822 g/mol. The first kappa shape index (κ1) is 39.0. The normalized spacial score (nSPS) is 12.2. The maximum atomic E-state index is 11.7. The van der Waals surface area contributed by atoms with Gasteiger partial charge in [-0.2, -0.15) is 0 Å². The molecule has 0 bridgehead atoms. The molecule has 0 fully saturated rings. The molecule has 1 radical (unpaired) electrons. The minimum Gasteiger partial charge on any atom is -0.512 e. The van der Waals surface area contributed by atoms with E-state index >= 15 is 0 Å². The van der Waals surface area contributed by atoms with Crippen LogP contribution in [0.25, 0.3) is 32.2 Å². The van der Waals surface area contributed by atoms with Crippen molar-refractivity contribution < 1.29 is 30.0 Å². The second-order valence-corrected chi connectivity index (χ2v) is 19.3. The third kappa shape index (κ3) is 9.22. The predicted molar refractivity (Wildman–Crippen MR) is 194 cm³/mol. The Kier molecular flexibility index (Phi) is 15.3. The van der Waals surface area contributed by atoms with Crippen LogP contribution in [0.5, 0.6) is 0 Å². The van der Waals surface area contributed by atoms with Gasteiger partial charge in [-0.3, -0.25) is 9.78 Å². The molecular formula is C38H53IrN2O2SSi-. The fourth-order valence-corrected chi connectivity index (χ4v) is 9.95. The first-order valence-electron chi connectivity index (χ1n) is 16.6. The number of rotatable bonds is 12. The van der Waals surface area contributed by atoms with Crippen LogP contribution >= 0.6 is 11.3 Å². The SMILES string of the molecule is CCC(CC)C(=O)/C=C(\O)C(CC)CC.CCC(CC)c1cc(-c2ncnc3c(C)c([Si](C)(C)C)sc23)[c-]c2ccccc12.[Ir]. The molecule has 0 spiro atoms. The Hall–Kier alpha value is -2.18. The zero-order chi connectivity index (χ0) is 32.6. The number of hydrogen-bond donors (Lipinski definition) is 1. The van der Waals surface area contributed by atoms with Crippen LogP contribution in [-0.2, 0) is 24.9 Å². The first-order valence-corrected chi connectivity index (χ1v) is 20.9. The van der Waals surface area contributed by atoms with E-state index in [1.165, 1.54) is 37.2 Å². The summed E-state index contributed by atoms with van der Waals surface area (Å²) < 4.78 is 2.74. The molecule has 45 heavy (non-hydrogen) atoms. The molecule has 4 aromatic rings. The molecule has 4 nitrogen and oxygen atoms in total. The Labute approximate surface area is 290 Å². The zero-order valence-corrected chi connectivity index (χ0v) is 33.2. The smallest absolute Gasteiger partial charge is 0.162 e. The van der Waals surface area contributed by atoms with Crippen molar-refractivity contribution in [2.45, 2.75) is 113 Å². The van der Waals surface area contributed by atoms with Gasteiger partial charge in [0.2, 0.25) is 0 Å². The number of thiophene rings is 1. The largest absolute Gasteiger partial charge is 0.512 e. The standard InChI is InChI=1S/C25H29N2SSi.C13H24O2.Ir/c1-7-17(8-2)21-14-19(13-18-11-9-10-12-20(18)21)23-24-22(26-15-27-23)16(3)25(28-24)29(4,5)6;1-5-10(6-2)12(14)9-13(15)11(7-3)8-4;/h9-12,14-15,17H,7-8H2,1-6H3;9-11,14H,5-8H2,1-4H3;/q-1;;/b;12-9-;. The van der Waals surface area contributed by atoms with E-state index in [9.17, 15) is 9.90 Å². The van der Waals surface area contributed by atoms with Crippen molar-refractivity contribution in [1.29, 1.82) is 0 Å². The Morgan fingerprint density at radius 2 is 1.53 bits per heavy atom. The second kappa shape index (κ2) is 17.7. The van der Waals surface area contributed by atoms with Crippen LogP contribution in [0.3, 0.4) is 0 Å². The minimum atomic E-state index is -1.43. The molecule has 2 aromatic heterocycles. The van der Waals surface area contributed by atoms with Crippen LogP contribution in [0.1, 0.15) is 97.1 Å². The van der Waals surface area contributed by atoms with Crippen molar-refractivity contribution in [2.24, 2.45) is 11.8 Å². The molecule has 0 aliphatic rings. The van der Waals surface area contributed by atoms with E-state index in [2.05, 4.69) is 81.8 Å². The van der Waals surface area contributed by atoms with E-state index in [-0.39, 0.29) is 43.5 Å². The first-order chi connectivity index (χ1) is 20.9. The van der Waals surface area contributed by atoms with E-state index in [4.69, 9.17) is 4.98 Å². The number of ketones is 1. The van der Waals surface area contributed by atoms with Crippen molar-refractivity contribution in [1.82, 2.24) is 9.97 Å². The Morgan fingerprint density at radius 1 is 0.933 bits per heavy atom. The van der Waals surface area contributed by atoms with E-state index in [0.717, 1.165) is 55.3 Å². The molecule has 247 valence electrons. The molecule has 0 unspecified atom stereocenters. The summed E-state index contributed by atoms with van der Waals surface area (Å²) in [4.78, 5) is 21.1. The van der Waals surface area contributed by atoms with Gasteiger partial charge in [-0.25, -0.2) is 4.98 Å². The molecule has 1 N–H and O–H groups in total. The third-order valence-electron chi connectivity index (χ3n) is 8.95. The van der Waals surface area contributed by atoms with Crippen LogP contribution in [0.2, 0.25) is 19.6 Å². The maximum absolute atomic E-state index is 11.7. The fourth-order valence-electron chi connectivity index (χ4n) is 6.16. The van der Waals surface area contributed by atoms with E-state index in [1.807, 2.05) is 39.0 Å².